The summed E-state index contributed by atoms with van der Waals surface area (Å²) < 4.78 is 12.9. The standard InChI is InChI=1S/2C9H14OSi.CH4P.ClH.Cr/c2*1-11(2,3)9-7-5-4-6-8(9)10;1-2;;/h2*4-7,10H,1-3H3;2H,1H3;1H;/q;;-1;;+3/p-2. The third kappa shape index (κ3) is 6.41. The van der Waals surface area contributed by atoms with Crippen molar-refractivity contribution in [3.63, 3.8) is 0 Å². The number of para-hydroxylation sites is 2. The van der Waals surface area contributed by atoms with Gasteiger partial charge in [0.15, 0.2) is 0 Å². The van der Waals surface area contributed by atoms with Crippen LogP contribution in [0, 0.1) is 0 Å². The molecule has 0 aliphatic carbocycles. The maximum absolute atomic E-state index is 6.46. The van der Waals surface area contributed by atoms with Gasteiger partial charge in [0, 0.05) is 0 Å². The Hall–Kier alpha value is -0.274. The van der Waals surface area contributed by atoms with Crippen molar-refractivity contribution in [1.29, 1.82) is 0 Å². The molecule has 0 spiro atoms. The molecule has 0 saturated carbocycles. The van der Waals surface area contributed by atoms with E-state index in [9.17, 15) is 0 Å². The van der Waals surface area contributed by atoms with Gasteiger partial charge < -0.3 is 0 Å². The smallest absolute Gasteiger partial charge is 0.147 e. The Balaban J connectivity index is 0.00000338. The fraction of sp³-hybridized carbons (Fsp3) is 0.368. The first-order chi connectivity index (χ1) is 11.6. The minimum Gasteiger partial charge on any atom is -0.147 e. The summed E-state index contributed by atoms with van der Waals surface area (Å²) in [4.78, 5) is 0. The third-order valence-corrected chi connectivity index (χ3v) is 11.6. The van der Waals surface area contributed by atoms with Crippen molar-refractivity contribution in [2.24, 2.45) is 0 Å². The predicted molar refractivity (Wildman–Crippen MR) is 122 cm³/mol. The Labute approximate surface area is 173 Å². The Morgan fingerprint density at radius 2 is 1.04 bits per heavy atom. The summed E-state index contributed by atoms with van der Waals surface area (Å²) >= 11 is -1.64. The Bertz CT molecular complexity index is 658. The van der Waals surface area contributed by atoms with E-state index in [1.54, 1.807) is 0 Å². The monoisotopic (exact) mass is 465 g/mol. The van der Waals surface area contributed by atoms with Crippen LogP contribution < -0.4 is 18.0 Å². The van der Waals surface area contributed by atoms with Crippen molar-refractivity contribution < 1.29 is 21.9 Å². The number of halogens is 1. The zero-order valence-corrected chi connectivity index (χ0v) is 21.8. The van der Waals surface area contributed by atoms with Crippen LogP contribution in [0.5, 0.6) is 11.5 Å². The van der Waals surface area contributed by atoms with E-state index in [4.69, 9.17) is 7.58 Å². The molecule has 0 amide bonds. The molecule has 2 rings (SSSR count). The fourth-order valence-electron chi connectivity index (χ4n) is 2.58. The minimum absolute atomic E-state index is 0. The molecule has 0 aromatic heterocycles. The molecule has 7 heteroatoms. The van der Waals surface area contributed by atoms with Gasteiger partial charge in [-0.15, -0.1) is 12.4 Å². The zero-order valence-electron chi connectivity index (χ0n) is 16.8. The van der Waals surface area contributed by atoms with Gasteiger partial charge >= 0.3 is 162 Å². The van der Waals surface area contributed by atoms with Gasteiger partial charge in [-0.2, -0.15) is 0 Å². The first-order valence-electron chi connectivity index (χ1n) is 8.60. The molecule has 0 N–H and O–H groups in total. The van der Waals surface area contributed by atoms with E-state index in [1.807, 2.05) is 0 Å². The van der Waals surface area contributed by atoms with Crippen LogP contribution in [-0.4, -0.2) is 22.8 Å². The third-order valence-electron chi connectivity index (χ3n) is 3.89. The molecule has 0 aliphatic rings. The maximum Gasteiger partial charge on any atom is -0.147 e. The molecule has 1 unspecified atom stereocenters. The van der Waals surface area contributed by atoms with Gasteiger partial charge in [-0.3, -0.25) is 0 Å². The summed E-state index contributed by atoms with van der Waals surface area (Å²) in [6, 6.07) is 17.0. The van der Waals surface area contributed by atoms with E-state index < -0.39 is 30.5 Å². The first-order valence-corrected chi connectivity index (χ1v) is 20.0. The van der Waals surface area contributed by atoms with E-state index in [-0.39, 0.29) is 12.4 Å². The molecule has 2 aromatic carbocycles. The average molecular weight is 466 g/mol. The number of benzene rings is 2. The van der Waals surface area contributed by atoms with E-state index >= 15 is 0 Å². The van der Waals surface area contributed by atoms with Crippen LogP contribution in [0.1, 0.15) is 0 Å². The van der Waals surface area contributed by atoms with Crippen molar-refractivity contribution in [2.75, 3.05) is 6.66 Å². The largest absolute Gasteiger partial charge is 0.147 e. The summed E-state index contributed by atoms with van der Waals surface area (Å²) in [5.41, 5.74) is 0. The van der Waals surface area contributed by atoms with Gasteiger partial charge in [0.25, 0.3) is 0 Å². The van der Waals surface area contributed by atoms with Crippen LogP contribution in [0.4, 0.5) is 0 Å². The van der Waals surface area contributed by atoms with Gasteiger partial charge in [-0.05, 0) is 0 Å². The van der Waals surface area contributed by atoms with Crippen molar-refractivity contribution in [3.05, 3.63) is 48.5 Å². The summed E-state index contributed by atoms with van der Waals surface area (Å²) in [5, 5.41) is 2.76. The summed E-state index contributed by atoms with van der Waals surface area (Å²) in [7, 11) is -2.21. The Kier molecular flexibility index (Phi) is 8.94. The summed E-state index contributed by atoms with van der Waals surface area (Å²) in [5.74, 6) is 2.07. The van der Waals surface area contributed by atoms with Gasteiger partial charge in [-0.25, -0.2) is 0 Å². The maximum atomic E-state index is 6.46. The van der Waals surface area contributed by atoms with Crippen LogP contribution >= 0.6 is 19.6 Å². The number of hydrogen-bond acceptors (Lipinski definition) is 2. The number of rotatable bonds is 7. The van der Waals surface area contributed by atoms with Gasteiger partial charge in [-0.1, -0.05) is 0 Å². The van der Waals surface area contributed by atoms with E-state index in [1.165, 1.54) is 10.4 Å². The van der Waals surface area contributed by atoms with Crippen molar-refractivity contribution in [1.82, 2.24) is 0 Å². The molecule has 2 nitrogen and oxygen atoms in total. The van der Waals surface area contributed by atoms with Crippen molar-refractivity contribution >= 4 is 46.2 Å². The minimum atomic E-state index is -1.64. The molecule has 0 saturated heterocycles. The SMILES string of the molecule is C[PH][Cr]([O]c1ccccc1[Si](C)(C)C)[O]c1ccccc1[Si](C)(C)C.Cl. The fourth-order valence-corrected chi connectivity index (χ4v) is 8.47. The van der Waals surface area contributed by atoms with Crippen LogP contribution in [0.2, 0.25) is 39.3 Å². The summed E-state index contributed by atoms with van der Waals surface area (Å²) in [6.07, 6.45) is 0. The van der Waals surface area contributed by atoms with Gasteiger partial charge in [0.2, 0.25) is 0 Å². The zero-order chi connectivity index (χ0) is 18.7. The molecule has 0 aliphatic heterocycles. The normalized spacial score (nSPS) is 12.3. The van der Waals surface area contributed by atoms with E-state index in [0.29, 0.717) is 7.23 Å². The molecule has 1 atom stereocenters. The van der Waals surface area contributed by atoms with E-state index in [2.05, 4.69) is 94.5 Å². The molecule has 145 valence electrons. The van der Waals surface area contributed by atoms with Crippen LogP contribution in [0.15, 0.2) is 48.5 Å². The molecule has 2 aromatic rings. The Morgan fingerprint density at radius 3 is 1.35 bits per heavy atom. The number of hydrogen-bond donors (Lipinski definition) is 0. The second-order valence-corrected chi connectivity index (χ2v) is 23.1. The van der Waals surface area contributed by atoms with Crippen LogP contribution in [0.25, 0.3) is 0 Å². The van der Waals surface area contributed by atoms with Crippen molar-refractivity contribution in [3.8, 4) is 11.5 Å². The summed E-state index contributed by atoms with van der Waals surface area (Å²) in [6.45, 7) is 16.4. The topological polar surface area (TPSA) is 18.5 Å². The second kappa shape index (κ2) is 9.78. The first kappa shape index (κ1) is 23.8. The van der Waals surface area contributed by atoms with Gasteiger partial charge in [0.05, 0.1) is 0 Å². The Morgan fingerprint density at radius 1 is 0.692 bits per heavy atom. The second-order valence-electron chi connectivity index (χ2n) is 8.10. The molecule has 0 radical (unpaired) electrons. The predicted octanol–water partition coefficient (Wildman–Crippen LogP) is 5.33. The molecule has 0 bridgehead atoms. The molecular formula is C19H31ClCrO2PSi2. The van der Waals surface area contributed by atoms with Crippen LogP contribution in [0.3, 0.4) is 0 Å². The van der Waals surface area contributed by atoms with Crippen molar-refractivity contribution in [2.45, 2.75) is 39.3 Å². The van der Waals surface area contributed by atoms with E-state index in [0.717, 1.165) is 11.5 Å². The van der Waals surface area contributed by atoms with Crippen LogP contribution in [-0.2, 0) is 14.4 Å². The molecular weight excluding hydrogens is 435 g/mol. The molecule has 26 heavy (non-hydrogen) atoms. The average Bonchev–Trinajstić information content (AvgIpc) is 2.53. The van der Waals surface area contributed by atoms with Gasteiger partial charge in [0.1, 0.15) is 0 Å². The quantitative estimate of drug-likeness (QED) is 0.406. The molecule has 0 heterocycles. The molecule has 0 fully saturated rings.